The first-order valence-electron chi connectivity index (χ1n) is 8.06. The summed E-state index contributed by atoms with van der Waals surface area (Å²) in [6.45, 7) is 3.34. The largest absolute Gasteiger partial charge is 0.489 e. The molecule has 0 unspecified atom stereocenters. The fourth-order valence-corrected chi connectivity index (χ4v) is 2.79. The third-order valence-electron chi connectivity index (χ3n) is 3.66. The van der Waals surface area contributed by atoms with Gasteiger partial charge in [-0.2, -0.15) is 0 Å². The zero-order valence-electron chi connectivity index (χ0n) is 14.2. The average molecular weight is 367 g/mol. The van der Waals surface area contributed by atoms with Gasteiger partial charge in [-0.3, -0.25) is 0 Å². The van der Waals surface area contributed by atoms with Crippen LogP contribution in [0.25, 0.3) is 0 Å². The fourth-order valence-electron chi connectivity index (χ4n) is 2.28. The molecule has 2 aromatic rings. The molecule has 0 saturated carbocycles. The van der Waals surface area contributed by atoms with Crippen LogP contribution in [0.1, 0.15) is 17.5 Å². The smallest absolute Gasteiger partial charge is 0.119 e. The molecule has 1 N–H and O–H groups in total. The van der Waals surface area contributed by atoms with Gasteiger partial charge in [0.1, 0.15) is 12.4 Å². The third kappa shape index (κ3) is 6.33. The molecule has 5 heteroatoms. The number of benzene rings is 2. The zero-order valence-corrected chi connectivity index (χ0v) is 15.7. The lowest BCUT2D eigenvalue weighted by atomic mass is 10.2. The van der Waals surface area contributed by atoms with Crippen molar-refractivity contribution >= 4 is 23.2 Å². The number of nitrogens with zero attached hydrogens (tertiary/aromatic N) is 1. The molecule has 3 nitrogen and oxygen atoms in total. The van der Waals surface area contributed by atoms with Crippen molar-refractivity contribution in [2.24, 2.45) is 0 Å². The van der Waals surface area contributed by atoms with Gasteiger partial charge in [0.15, 0.2) is 0 Å². The van der Waals surface area contributed by atoms with Crippen LogP contribution in [0.5, 0.6) is 5.75 Å². The highest BCUT2D eigenvalue weighted by atomic mass is 35.5. The molecule has 0 amide bonds. The average Bonchev–Trinajstić information content (AvgIpc) is 2.55. The van der Waals surface area contributed by atoms with Crippen molar-refractivity contribution in [1.82, 2.24) is 10.2 Å². The van der Waals surface area contributed by atoms with E-state index < -0.39 is 0 Å². The molecule has 0 fully saturated rings. The Bertz CT molecular complexity index is 610. The predicted octanol–water partition coefficient (Wildman–Crippen LogP) is 4.61. The summed E-state index contributed by atoms with van der Waals surface area (Å²) < 4.78 is 5.78. The van der Waals surface area contributed by atoms with Gasteiger partial charge >= 0.3 is 0 Å². The van der Waals surface area contributed by atoms with Gasteiger partial charge in [0.25, 0.3) is 0 Å². The molecule has 0 spiro atoms. The molecule has 0 aliphatic carbocycles. The van der Waals surface area contributed by atoms with Crippen LogP contribution in [0.4, 0.5) is 0 Å². The molecule has 2 aromatic carbocycles. The predicted molar refractivity (Wildman–Crippen MR) is 102 cm³/mol. The summed E-state index contributed by atoms with van der Waals surface area (Å²) in [5, 5.41) is 4.70. The monoisotopic (exact) mass is 366 g/mol. The van der Waals surface area contributed by atoms with E-state index in [1.807, 2.05) is 30.3 Å². The molecule has 0 aliphatic rings. The van der Waals surface area contributed by atoms with E-state index in [0.717, 1.165) is 37.4 Å². The van der Waals surface area contributed by atoms with Crippen LogP contribution >= 0.6 is 23.2 Å². The van der Waals surface area contributed by atoms with Crippen molar-refractivity contribution in [3.05, 3.63) is 63.6 Å². The quantitative estimate of drug-likeness (QED) is 0.655. The molecular weight excluding hydrogens is 343 g/mol. The zero-order chi connectivity index (χ0) is 17.4. The fraction of sp³-hybridized carbons (Fsp3) is 0.368. The lowest BCUT2D eigenvalue weighted by molar-refractivity contribution is 0.306. The highest BCUT2D eigenvalue weighted by Crippen LogP contribution is 2.25. The van der Waals surface area contributed by atoms with Crippen LogP contribution in [-0.2, 0) is 13.2 Å². The molecule has 0 aliphatic heterocycles. The van der Waals surface area contributed by atoms with E-state index >= 15 is 0 Å². The van der Waals surface area contributed by atoms with Crippen LogP contribution in [0.3, 0.4) is 0 Å². The summed E-state index contributed by atoms with van der Waals surface area (Å²) >= 11 is 12.3. The van der Waals surface area contributed by atoms with Gasteiger partial charge in [0.2, 0.25) is 0 Å². The van der Waals surface area contributed by atoms with E-state index in [1.54, 1.807) is 0 Å². The first-order chi connectivity index (χ1) is 11.6. The normalized spacial score (nSPS) is 11.0. The first-order valence-corrected chi connectivity index (χ1v) is 8.82. The van der Waals surface area contributed by atoms with Crippen molar-refractivity contribution in [1.29, 1.82) is 0 Å². The second-order valence-electron chi connectivity index (χ2n) is 5.97. The number of halogens is 2. The van der Waals surface area contributed by atoms with Gasteiger partial charge in [0, 0.05) is 22.2 Å². The summed E-state index contributed by atoms with van der Waals surface area (Å²) in [5.41, 5.74) is 2.05. The maximum absolute atomic E-state index is 6.15. The Labute approximate surface area is 154 Å². The van der Waals surface area contributed by atoms with Gasteiger partial charge in [-0.15, -0.1) is 0 Å². The number of hydrogen-bond donors (Lipinski definition) is 1. The van der Waals surface area contributed by atoms with Gasteiger partial charge in [-0.25, -0.2) is 0 Å². The van der Waals surface area contributed by atoms with Crippen LogP contribution < -0.4 is 10.1 Å². The van der Waals surface area contributed by atoms with Crippen molar-refractivity contribution in [3.8, 4) is 5.75 Å². The van der Waals surface area contributed by atoms with E-state index in [4.69, 9.17) is 27.9 Å². The summed E-state index contributed by atoms with van der Waals surface area (Å²) in [5.74, 6) is 0.808. The Balaban J connectivity index is 1.78. The maximum Gasteiger partial charge on any atom is 0.119 e. The van der Waals surface area contributed by atoms with Crippen LogP contribution in [0.15, 0.2) is 42.5 Å². The van der Waals surface area contributed by atoms with Crippen molar-refractivity contribution in [2.75, 3.05) is 27.2 Å². The lowest BCUT2D eigenvalue weighted by Gasteiger charge is -2.11. The number of nitrogens with one attached hydrogen (secondary N) is 1. The second-order valence-corrected chi connectivity index (χ2v) is 6.78. The van der Waals surface area contributed by atoms with Gasteiger partial charge in [0.05, 0.1) is 0 Å². The minimum absolute atomic E-state index is 0.362. The molecule has 0 radical (unpaired) electrons. The molecular formula is C19H24Cl2N2O. The highest BCUT2D eigenvalue weighted by molar-refractivity contribution is 6.35. The summed E-state index contributed by atoms with van der Waals surface area (Å²) in [6, 6.07) is 13.6. The van der Waals surface area contributed by atoms with Crippen LogP contribution in [-0.4, -0.2) is 32.1 Å². The molecule has 0 heterocycles. The maximum atomic E-state index is 6.15. The Morgan fingerprint density at radius 2 is 1.67 bits per heavy atom. The van der Waals surface area contributed by atoms with Crippen molar-refractivity contribution in [2.45, 2.75) is 19.6 Å². The molecule has 0 saturated heterocycles. The number of ether oxygens (including phenoxy) is 1. The van der Waals surface area contributed by atoms with Crippen LogP contribution in [0.2, 0.25) is 10.0 Å². The Morgan fingerprint density at radius 3 is 2.29 bits per heavy atom. The SMILES string of the molecule is CN(C)CCCNCc1ccc(OCc2c(Cl)cccc2Cl)cc1. The van der Waals surface area contributed by atoms with Gasteiger partial charge in [-0.05, 0) is 63.4 Å². The standard InChI is InChI=1S/C19H24Cl2N2O/c1-23(2)12-4-11-22-13-15-7-9-16(10-8-15)24-14-17-18(20)5-3-6-19(17)21/h3,5-10,22H,4,11-14H2,1-2H3. The molecule has 130 valence electrons. The number of hydrogen-bond acceptors (Lipinski definition) is 3. The summed E-state index contributed by atoms with van der Waals surface area (Å²) in [4.78, 5) is 2.19. The molecule has 0 bridgehead atoms. The molecule has 2 rings (SSSR count). The minimum Gasteiger partial charge on any atom is -0.489 e. The molecule has 0 aromatic heterocycles. The van der Waals surface area contributed by atoms with Gasteiger partial charge < -0.3 is 15.0 Å². The second kappa shape index (κ2) is 9.90. The Morgan fingerprint density at radius 1 is 1.00 bits per heavy atom. The van der Waals surface area contributed by atoms with E-state index in [9.17, 15) is 0 Å². The Hall–Kier alpha value is -1.26. The lowest BCUT2D eigenvalue weighted by Crippen LogP contribution is -2.20. The van der Waals surface area contributed by atoms with Crippen molar-refractivity contribution in [3.63, 3.8) is 0 Å². The van der Waals surface area contributed by atoms with E-state index in [1.165, 1.54) is 5.56 Å². The first kappa shape index (κ1) is 19.1. The summed E-state index contributed by atoms with van der Waals surface area (Å²) in [6.07, 6.45) is 1.15. The Kier molecular flexibility index (Phi) is 7.86. The van der Waals surface area contributed by atoms with E-state index in [0.29, 0.717) is 16.7 Å². The van der Waals surface area contributed by atoms with Crippen LogP contribution in [0, 0.1) is 0 Å². The van der Waals surface area contributed by atoms with E-state index in [2.05, 4.69) is 36.4 Å². The van der Waals surface area contributed by atoms with E-state index in [-0.39, 0.29) is 0 Å². The van der Waals surface area contributed by atoms with Crippen molar-refractivity contribution < 1.29 is 4.74 Å². The minimum atomic E-state index is 0.362. The topological polar surface area (TPSA) is 24.5 Å². The number of rotatable bonds is 9. The third-order valence-corrected chi connectivity index (χ3v) is 4.36. The summed E-state index contributed by atoms with van der Waals surface area (Å²) in [7, 11) is 4.18. The highest BCUT2D eigenvalue weighted by Gasteiger charge is 2.06. The molecule has 0 atom stereocenters. The molecule has 24 heavy (non-hydrogen) atoms. The van der Waals surface area contributed by atoms with Gasteiger partial charge in [-0.1, -0.05) is 41.4 Å².